The topological polar surface area (TPSA) is 97.3 Å². The molecular weight excluding hydrogens is 322 g/mol. The smallest absolute Gasteiger partial charge is 0.272 e. The van der Waals surface area contributed by atoms with Crippen molar-refractivity contribution in [3.8, 4) is 0 Å². The van der Waals surface area contributed by atoms with Gasteiger partial charge in [-0.3, -0.25) is 14.6 Å². The van der Waals surface area contributed by atoms with Gasteiger partial charge in [0.2, 0.25) is 5.91 Å². The second kappa shape index (κ2) is 7.80. The summed E-state index contributed by atoms with van der Waals surface area (Å²) in [6.07, 6.45) is 2.82. The Morgan fingerprint density at radius 1 is 1.28 bits per heavy atom. The maximum absolute atomic E-state index is 12.5. The molecule has 1 aliphatic heterocycles. The quantitative estimate of drug-likeness (QED) is 0.880. The zero-order valence-electron chi connectivity index (χ0n) is 13.9. The molecule has 0 bridgehead atoms. The number of morpholine rings is 1. The minimum absolute atomic E-state index is 0.124. The van der Waals surface area contributed by atoms with E-state index < -0.39 is 6.10 Å². The van der Waals surface area contributed by atoms with E-state index in [0.29, 0.717) is 43.5 Å². The van der Waals surface area contributed by atoms with Crippen molar-refractivity contribution in [1.82, 2.24) is 25.2 Å². The molecule has 2 amide bonds. The third-order valence-electron chi connectivity index (χ3n) is 3.78. The molecule has 1 N–H and O–H groups in total. The van der Waals surface area contributed by atoms with Gasteiger partial charge in [0.05, 0.1) is 25.4 Å². The molecule has 3 rings (SSSR count). The van der Waals surface area contributed by atoms with Gasteiger partial charge in [0.1, 0.15) is 11.8 Å². The Hall–Kier alpha value is -2.87. The first-order chi connectivity index (χ1) is 12.1. The molecule has 0 unspecified atom stereocenters. The van der Waals surface area contributed by atoms with Gasteiger partial charge in [-0.1, -0.05) is 6.07 Å². The summed E-state index contributed by atoms with van der Waals surface area (Å²) in [7, 11) is 0. The highest BCUT2D eigenvalue weighted by molar-refractivity contribution is 5.92. The number of nitrogens with one attached hydrogen (secondary N) is 1. The van der Waals surface area contributed by atoms with Gasteiger partial charge in [-0.05, 0) is 18.2 Å². The fourth-order valence-electron chi connectivity index (χ4n) is 2.52. The Kier molecular flexibility index (Phi) is 5.30. The minimum atomic E-state index is -0.404. The molecule has 0 aliphatic carbocycles. The number of rotatable bonds is 4. The Balaban J connectivity index is 1.70. The molecule has 2 aromatic rings. The Labute approximate surface area is 145 Å². The van der Waals surface area contributed by atoms with E-state index in [1.54, 1.807) is 41.6 Å². The summed E-state index contributed by atoms with van der Waals surface area (Å²) in [5.74, 6) is 0.242. The van der Waals surface area contributed by atoms with E-state index in [4.69, 9.17) is 4.74 Å². The first-order valence-corrected chi connectivity index (χ1v) is 8.01. The lowest BCUT2D eigenvalue weighted by Gasteiger charge is -2.32. The zero-order chi connectivity index (χ0) is 17.6. The molecule has 0 aromatic carbocycles. The van der Waals surface area contributed by atoms with Crippen molar-refractivity contribution >= 4 is 11.8 Å². The number of amides is 2. The van der Waals surface area contributed by atoms with E-state index in [1.807, 2.05) is 0 Å². The molecule has 0 spiro atoms. The van der Waals surface area contributed by atoms with Crippen molar-refractivity contribution in [3.05, 3.63) is 53.9 Å². The lowest BCUT2D eigenvalue weighted by molar-refractivity contribution is -0.119. The molecule has 1 fully saturated rings. The second-order valence-corrected chi connectivity index (χ2v) is 5.64. The standard InChI is InChI=1S/C17H19N5O3/c1-12(23)20-10-13-5-7-19-16(21-13)15-11-22(8-9-25-15)17(24)14-4-2-3-6-18-14/h2-7,15H,8-11H2,1H3,(H,20,23)/t15-/m1/s1. The number of ether oxygens (including phenoxy) is 1. The van der Waals surface area contributed by atoms with Crippen LogP contribution in [0.4, 0.5) is 0 Å². The molecule has 25 heavy (non-hydrogen) atoms. The summed E-state index contributed by atoms with van der Waals surface area (Å²) in [4.78, 5) is 38.1. The van der Waals surface area contributed by atoms with Crippen LogP contribution in [0.1, 0.15) is 35.0 Å². The van der Waals surface area contributed by atoms with Gasteiger partial charge < -0.3 is 15.0 Å². The monoisotopic (exact) mass is 341 g/mol. The summed E-state index contributed by atoms with van der Waals surface area (Å²) < 4.78 is 5.73. The van der Waals surface area contributed by atoms with Crippen LogP contribution in [-0.2, 0) is 16.1 Å². The molecule has 0 saturated carbocycles. The van der Waals surface area contributed by atoms with E-state index in [9.17, 15) is 9.59 Å². The molecule has 1 saturated heterocycles. The normalized spacial score (nSPS) is 17.2. The van der Waals surface area contributed by atoms with Crippen molar-refractivity contribution in [1.29, 1.82) is 0 Å². The molecule has 8 nitrogen and oxygen atoms in total. The van der Waals surface area contributed by atoms with Crippen LogP contribution >= 0.6 is 0 Å². The summed E-state index contributed by atoms with van der Waals surface area (Å²) in [5.41, 5.74) is 1.10. The average Bonchev–Trinajstić information content (AvgIpc) is 2.67. The highest BCUT2D eigenvalue weighted by atomic mass is 16.5. The third-order valence-corrected chi connectivity index (χ3v) is 3.78. The number of carbonyl (C=O) groups excluding carboxylic acids is 2. The fraction of sp³-hybridized carbons (Fsp3) is 0.353. The van der Waals surface area contributed by atoms with Crippen LogP contribution in [0.5, 0.6) is 0 Å². The van der Waals surface area contributed by atoms with Crippen LogP contribution in [0.2, 0.25) is 0 Å². The van der Waals surface area contributed by atoms with Gasteiger partial charge in [-0.25, -0.2) is 9.97 Å². The first-order valence-electron chi connectivity index (χ1n) is 8.01. The van der Waals surface area contributed by atoms with Gasteiger partial charge in [0, 0.05) is 25.9 Å². The average molecular weight is 341 g/mol. The van der Waals surface area contributed by atoms with Gasteiger partial charge in [-0.15, -0.1) is 0 Å². The van der Waals surface area contributed by atoms with Crippen LogP contribution in [0, 0.1) is 0 Å². The van der Waals surface area contributed by atoms with Gasteiger partial charge >= 0.3 is 0 Å². The van der Waals surface area contributed by atoms with Crippen LogP contribution < -0.4 is 5.32 Å². The predicted octanol–water partition coefficient (Wildman–Crippen LogP) is 0.721. The summed E-state index contributed by atoms with van der Waals surface area (Å²) in [5, 5.41) is 2.70. The Bertz CT molecular complexity index is 753. The van der Waals surface area contributed by atoms with Crippen molar-refractivity contribution in [3.63, 3.8) is 0 Å². The molecule has 2 aromatic heterocycles. The third kappa shape index (κ3) is 4.36. The highest BCUT2D eigenvalue weighted by Gasteiger charge is 2.28. The SMILES string of the molecule is CC(=O)NCc1ccnc([C@H]2CN(C(=O)c3ccccn3)CCO2)n1. The molecule has 3 heterocycles. The molecule has 1 aliphatic rings. The summed E-state index contributed by atoms with van der Waals surface area (Å²) in [6, 6.07) is 6.98. The van der Waals surface area contributed by atoms with Gasteiger partial charge in [0.15, 0.2) is 5.82 Å². The van der Waals surface area contributed by atoms with Crippen molar-refractivity contribution in [2.45, 2.75) is 19.6 Å². The van der Waals surface area contributed by atoms with Gasteiger partial charge in [0.25, 0.3) is 5.91 Å². The Morgan fingerprint density at radius 3 is 2.92 bits per heavy atom. The molecule has 0 radical (unpaired) electrons. The molecular formula is C17H19N5O3. The van der Waals surface area contributed by atoms with Crippen LogP contribution in [-0.4, -0.2) is 51.4 Å². The predicted molar refractivity (Wildman–Crippen MR) is 88.4 cm³/mol. The summed E-state index contributed by atoms with van der Waals surface area (Å²) >= 11 is 0. The number of hydrogen-bond donors (Lipinski definition) is 1. The maximum Gasteiger partial charge on any atom is 0.272 e. The first kappa shape index (κ1) is 17.0. The van der Waals surface area contributed by atoms with E-state index >= 15 is 0 Å². The van der Waals surface area contributed by atoms with Gasteiger partial charge in [-0.2, -0.15) is 0 Å². The number of aromatic nitrogens is 3. The largest absolute Gasteiger partial charge is 0.367 e. The van der Waals surface area contributed by atoms with E-state index in [0.717, 1.165) is 0 Å². The number of carbonyl (C=O) groups is 2. The number of nitrogens with zero attached hydrogens (tertiary/aromatic N) is 4. The zero-order valence-corrected chi connectivity index (χ0v) is 13.9. The fourth-order valence-corrected chi connectivity index (χ4v) is 2.52. The van der Waals surface area contributed by atoms with E-state index in [1.165, 1.54) is 6.92 Å². The minimum Gasteiger partial charge on any atom is -0.367 e. The lowest BCUT2D eigenvalue weighted by Crippen LogP contribution is -2.43. The molecule has 1 atom stereocenters. The van der Waals surface area contributed by atoms with E-state index in [-0.39, 0.29) is 11.8 Å². The Morgan fingerprint density at radius 2 is 2.16 bits per heavy atom. The van der Waals surface area contributed by atoms with Crippen LogP contribution in [0.25, 0.3) is 0 Å². The van der Waals surface area contributed by atoms with Crippen molar-refractivity contribution < 1.29 is 14.3 Å². The van der Waals surface area contributed by atoms with E-state index in [2.05, 4.69) is 20.3 Å². The molecule has 130 valence electrons. The maximum atomic E-state index is 12.5. The lowest BCUT2D eigenvalue weighted by atomic mass is 10.2. The van der Waals surface area contributed by atoms with Crippen molar-refractivity contribution in [2.75, 3.05) is 19.7 Å². The number of hydrogen-bond acceptors (Lipinski definition) is 6. The van der Waals surface area contributed by atoms with Crippen LogP contribution in [0.3, 0.4) is 0 Å². The highest BCUT2D eigenvalue weighted by Crippen LogP contribution is 2.20. The number of pyridine rings is 1. The molecule has 8 heteroatoms. The summed E-state index contributed by atoms with van der Waals surface area (Å²) in [6.45, 7) is 3.04. The van der Waals surface area contributed by atoms with Crippen molar-refractivity contribution in [2.24, 2.45) is 0 Å². The van der Waals surface area contributed by atoms with Crippen LogP contribution in [0.15, 0.2) is 36.7 Å². The second-order valence-electron chi connectivity index (χ2n) is 5.64.